The average molecular weight is 543 g/mol. The molecule has 0 spiro atoms. The van der Waals surface area contributed by atoms with Crippen LogP contribution in [0.15, 0.2) is 48.9 Å². The predicted octanol–water partition coefficient (Wildman–Crippen LogP) is 5.54. The summed E-state index contributed by atoms with van der Waals surface area (Å²) in [6, 6.07) is 3.81. The minimum Gasteiger partial charge on any atom is -0.494 e. The summed E-state index contributed by atoms with van der Waals surface area (Å²) in [5.41, 5.74) is 6.90. The molecule has 0 aromatic heterocycles. The van der Waals surface area contributed by atoms with Gasteiger partial charge in [0.1, 0.15) is 29.7 Å². The molecule has 2 aromatic carbocycles. The maximum absolute atomic E-state index is 16.4. The molecule has 208 valence electrons. The van der Waals surface area contributed by atoms with E-state index in [4.69, 9.17) is 15.2 Å². The number of nitrogens with zero attached hydrogens (tertiary/aromatic N) is 2. The van der Waals surface area contributed by atoms with Gasteiger partial charge in [0.15, 0.2) is 5.82 Å². The number of carbonyl (C=O) groups is 1. The number of ether oxygens (including phenoxy) is 2. The monoisotopic (exact) mass is 542 g/mol. The van der Waals surface area contributed by atoms with E-state index in [0.717, 1.165) is 19.0 Å². The van der Waals surface area contributed by atoms with E-state index >= 15 is 8.78 Å². The molecule has 0 bridgehead atoms. The Balaban J connectivity index is 1.88. The smallest absolute Gasteiger partial charge is 0.302 e. The Morgan fingerprint density at radius 2 is 1.85 bits per heavy atom. The molecule has 0 atom stereocenters. The van der Waals surface area contributed by atoms with E-state index in [1.807, 2.05) is 6.92 Å². The van der Waals surface area contributed by atoms with Gasteiger partial charge in [0.2, 0.25) is 0 Å². The number of rotatable bonds is 10. The van der Waals surface area contributed by atoms with Crippen LogP contribution in [0.25, 0.3) is 5.57 Å². The van der Waals surface area contributed by atoms with Gasteiger partial charge < -0.3 is 30.3 Å². The third-order valence-corrected chi connectivity index (χ3v) is 6.71. The zero-order valence-corrected chi connectivity index (χ0v) is 22.4. The maximum atomic E-state index is 16.4. The molecule has 0 amide bonds. The van der Waals surface area contributed by atoms with Gasteiger partial charge in [-0.05, 0) is 43.7 Å². The highest BCUT2D eigenvalue weighted by Crippen LogP contribution is 2.48. The largest absolute Gasteiger partial charge is 0.494 e. The van der Waals surface area contributed by atoms with Crippen LogP contribution in [-0.4, -0.2) is 38.3 Å². The minimum absolute atomic E-state index is 0.00417. The normalized spacial score (nSPS) is 15.0. The predicted molar refractivity (Wildman–Crippen MR) is 147 cm³/mol. The van der Waals surface area contributed by atoms with E-state index < -0.39 is 23.4 Å². The summed E-state index contributed by atoms with van der Waals surface area (Å²) >= 11 is 0. The van der Waals surface area contributed by atoms with Crippen molar-refractivity contribution >= 4 is 34.3 Å². The Morgan fingerprint density at radius 1 is 1.13 bits per heavy atom. The van der Waals surface area contributed by atoms with Crippen LogP contribution >= 0.6 is 0 Å². The fraction of sp³-hybridized carbons (Fsp3) is 0.345. The molecule has 3 N–H and O–H groups in total. The van der Waals surface area contributed by atoms with E-state index in [0.29, 0.717) is 30.8 Å². The molecule has 7 nitrogen and oxygen atoms in total. The number of esters is 1. The minimum atomic E-state index is -0.807. The first-order valence-electron chi connectivity index (χ1n) is 12.8. The number of nitrogens with one attached hydrogen (secondary N) is 1. The standard InChI is InChI=1S/C29H33F3N4O3/c1-6-8-34-20-12-35(13-20)29-24(31)10-21-16(3)22(17(4)38-7-2)14-36(28(21)27(29)32)26-11-25(33)23(30)9-19(26)15-39-18(5)37/h9-11,14,20,34H,3-4,6-8,12-13,15,33H2,1-2,5H3. The Morgan fingerprint density at radius 3 is 2.49 bits per heavy atom. The van der Waals surface area contributed by atoms with Gasteiger partial charge >= 0.3 is 5.97 Å². The average Bonchev–Trinajstić information content (AvgIpc) is 2.85. The Hall–Kier alpha value is -3.92. The molecule has 2 aromatic rings. The highest BCUT2D eigenvalue weighted by Gasteiger charge is 2.36. The maximum Gasteiger partial charge on any atom is 0.302 e. The van der Waals surface area contributed by atoms with Crippen LogP contribution < -0.4 is 20.9 Å². The second-order valence-corrected chi connectivity index (χ2v) is 9.50. The van der Waals surface area contributed by atoms with E-state index in [9.17, 15) is 9.18 Å². The summed E-state index contributed by atoms with van der Waals surface area (Å²) in [5, 5.41) is 3.35. The van der Waals surface area contributed by atoms with Gasteiger partial charge in [-0.15, -0.1) is 0 Å². The van der Waals surface area contributed by atoms with Gasteiger partial charge in [-0.3, -0.25) is 4.79 Å². The van der Waals surface area contributed by atoms with Gasteiger partial charge in [-0.25, -0.2) is 13.2 Å². The van der Waals surface area contributed by atoms with Crippen molar-refractivity contribution in [3.63, 3.8) is 0 Å². The number of hydrogen-bond donors (Lipinski definition) is 2. The van der Waals surface area contributed by atoms with Gasteiger partial charge in [0, 0.05) is 49.0 Å². The van der Waals surface area contributed by atoms with Gasteiger partial charge in [0.05, 0.1) is 23.7 Å². The first kappa shape index (κ1) is 28.1. The molecule has 0 saturated carbocycles. The second-order valence-electron chi connectivity index (χ2n) is 9.50. The number of hydrogen-bond acceptors (Lipinski definition) is 7. The molecule has 0 aliphatic carbocycles. The number of allylic oxidation sites excluding steroid dienone is 1. The molecular formula is C29H33F3N4O3. The fourth-order valence-electron chi connectivity index (χ4n) is 4.73. The summed E-state index contributed by atoms with van der Waals surface area (Å²) in [5.74, 6) is -2.60. The fourth-order valence-corrected chi connectivity index (χ4v) is 4.73. The Bertz CT molecular complexity index is 1350. The highest BCUT2D eigenvalue weighted by molar-refractivity contribution is 5.96. The van der Waals surface area contributed by atoms with Crippen molar-refractivity contribution in [2.45, 2.75) is 39.8 Å². The lowest BCUT2D eigenvalue weighted by molar-refractivity contribution is -0.142. The molecule has 39 heavy (non-hydrogen) atoms. The van der Waals surface area contributed by atoms with E-state index in [-0.39, 0.29) is 52.3 Å². The first-order valence-corrected chi connectivity index (χ1v) is 12.8. The summed E-state index contributed by atoms with van der Waals surface area (Å²) in [6.07, 6.45) is 2.49. The number of benzene rings is 2. The number of carbonyl (C=O) groups excluding carboxylic acids is 1. The first-order chi connectivity index (χ1) is 18.6. The van der Waals surface area contributed by atoms with Crippen LogP contribution in [0, 0.1) is 17.5 Å². The van der Waals surface area contributed by atoms with Gasteiger partial charge in [-0.2, -0.15) is 0 Å². The molecular weight excluding hydrogens is 509 g/mol. The Labute approximate surface area is 226 Å². The number of nitrogen functional groups attached to an aromatic ring is 1. The molecule has 10 heteroatoms. The van der Waals surface area contributed by atoms with Crippen LogP contribution in [-0.2, 0) is 20.9 Å². The van der Waals surface area contributed by atoms with Crippen LogP contribution in [0.4, 0.5) is 35.9 Å². The number of fused-ring (bicyclic) bond motifs is 1. The van der Waals surface area contributed by atoms with Gasteiger partial charge in [0.25, 0.3) is 0 Å². The number of anilines is 4. The van der Waals surface area contributed by atoms with Crippen LogP contribution in [0.3, 0.4) is 0 Å². The lowest BCUT2D eigenvalue weighted by Crippen LogP contribution is -2.58. The van der Waals surface area contributed by atoms with Crippen molar-refractivity contribution in [2.24, 2.45) is 0 Å². The lowest BCUT2D eigenvalue weighted by Gasteiger charge is -2.43. The van der Waals surface area contributed by atoms with Crippen molar-refractivity contribution in [3.05, 3.63) is 77.5 Å². The molecule has 0 radical (unpaired) electrons. The van der Waals surface area contributed by atoms with Crippen molar-refractivity contribution in [1.82, 2.24) is 5.32 Å². The molecule has 0 unspecified atom stereocenters. The highest BCUT2D eigenvalue weighted by atomic mass is 19.1. The summed E-state index contributed by atoms with van der Waals surface area (Å²) in [4.78, 5) is 14.6. The van der Waals surface area contributed by atoms with Crippen LogP contribution in [0.1, 0.15) is 38.3 Å². The van der Waals surface area contributed by atoms with E-state index in [1.165, 1.54) is 24.0 Å². The third-order valence-electron chi connectivity index (χ3n) is 6.71. The molecule has 4 rings (SSSR count). The van der Waals surface area contributed by atoms with Crippen molar-refractivity contribution < 1.29 is 27.4 Å². The van der Waals surface area contributed by atoms with Crippen molar-refractivity contribution in [3.8, 4) is 0 Å². The van der Waals surface area contributed by atoms with Crippen LogP contribution in [0.5, 0.6) is 0 Å². The topological polar surface area (TPSA) is 80.1 Å². The van der Waals surface area contributed by atoms with Gasteiger partial charge in [-0.1, -0.05) is 20.1 Å². The molecule has 2 aliphatic rings. The van der Waals surface area contributed by atoms with E-state index in [1.54, 1.807) is 18.0 Å². The number of halogens is 3. The number of nitrogens with two attached hydrogens (primary N) is 1. The van der Waals surface area contributed by atoms with Crippen molar-refractivity contribution in [2.75, 3.05) is 41.8 Å². The molecule has 2 heterocycles. The zero-order chi connectivity index (χ0) is 28.4. The summed E-state index contributed by atoms with van der Waals surface area (Å²) < 4.78 is 57.2. The van der Waals surface area contributed by atoms with E-state index in [2.05, 4.69) is 18.5 Å². The third kappa shape index (κ3) is 5.47. The SMILES string of the molecule is C=C(OCC)C1=CN(c2cc(N)c(F)cc2COC(C)=O)c2c(cc(F)c(N3CC(NCCC)C3)c2F)C1=C. The zero-order valence-electron chi connectivity index (χ0n) is 22.4. The van der Waals surface area contributed by atoms with Crippen LogP contribution in [0.2, 0.25) is 0 Å². The molecule has 1 saturated heterocycles. The quantitative estimate of drug-likeness (QED) is 0.232. The molecule has 1 fully saturated rings. The Kier molecular flexibility index (Phi) is 8.25. The van der Waals surface area contributed by atoms with Crippen molar-refractivity contribution in [1.29, 1.82) is 0 Å². The summed E-state index contributed by atoms with van der Waals surface area (Å²) in [7, 11) is 0. The second kappa shape index (κ2) is 11.4. The summed E-state index contributed by atoms with van der Waals surface area (Å²) in [6.45, 7) is 14.8. The lowest BCUT2D eigenvalue weighted by atomic mass is 9.91. The molecule has 2 aliphatic heterocycles.